The normalized spacial score (nSPS) is 12.1. The highest BCUT2D eigenvalue weighted by atomic mass is 16.3. The van der Waals surface area contributed by atoms with Gasteiger partial charge in [0.2, 0.25) is 5.91 Å². The van der Waals surface area contributed by atoms with Gasteiger partial charge in [-0.2, -0.15) is 5.10 Å². The van der Waals surface area contributed by atoms with Crippen LogP contribution in [0, 0.1) is 0 Å². The molecule has 1 aromatic heterocycles. The van der Waals surface area contributed by atoms with Gasteiger partial charge in [-0.05, 0) is 5.56 Å². The van der Waals surface area contributed by atoms with Gasteiger partial charge in [0.15, 0.2) is 5.82 Å². The van der Waals surface area contributed by atoms with Gasteiger partial charge in [-0.25, -0.2) is 9.67 Å². The minimum Gasteiger partial charge on any atom is -0.394 e. The molecule has 118 valence electrons. The summed E-state index contributed by atoms with van der Waals surface area (Å²) >= 11 is 0. The summed E-state index contributed by atoms with van der Waals surface area (Å²) in [5, 5.41) is 26.4. The fourth-order valence-electron chi connectivity index (χ4n) is 2.10. The maximum absolute atomic E-state index is 10.9. The molecule has 0 spiro atoms. The molecule has 0 saturated carbocycles. The van der Waals surface area contributed by atoms with Crippen molar-refractivity contribution < 1.29 is 15.0 Å². The monoisotopic (exact) mass is 304 g/mol. The Morgan fingerprint density at radius 3 is 2.73 bits per heavy atom. The highest BCUT2D eigenvalue weighted by Gasteiger charge is 2.18. The molecule has 22 heavy (non-hydrogen) atoms. The number of benzene rings is 1. The van der Waals surface area contributed by atoms with Gasteiger partial charge in [0.1, 0.15) is 11.9 Å². The van der Waals surface area contributed by atoms with Crippen LogP contribution >= 0.6 is 0 Å². The lowest BCUT2D eigenvalue weighted by Crippen LogP contribution is -2.24. The summed E-state index contributed by atoms with van der Waals surface area (Å²) in [6.07, 6.45) is -0.436. The Labute approximate surface area is 128 Å². The highest BCUT2D eigenvalue weighted by Crippen LogP contribution is 2.19. The Balaban J connectivity index is 2.16. The Hall–Kier alpha value is -2.25. The van der Waals surface area contributed by atoms with Crippen molar-refractivity contribution in [1.82, 2.24) is 20.1 Å². The first-order valence-corrected chi connectivity index (χ1v) is 7.13. The summed E-state index contributed by atoms with van der Waals surface area (Å²) in [5.41, 5.74) is 0.706. The molecule has 0 aliphatic heterocycles. The molecule has 0 aliphatic rings. The minimum atomic E-state index is -0.916. The second-order valence-corrected chi connectivity index (χ2v) is 4.88. The highest BCUT2D eigenvalue weighted by molar-refractivity contribution is 5.72. The van der Waals surface area contributed by atoms with Crippen LogP contribution < -0.4 is 5.32 Å². The fourth-order valence-corrected chi connectivity index (χ4v) is 2.10. The standard InChI is InChI=1S/C15H20N4O3/c1-11(21)16-8-7-13-17-15(18-19(13)9-10-20)14(22)12-5-3-2-4-6-12/h2-6,14,20,22H,7-10H2,1H3,(H,16,21)/t14-/m0/s1. The quantitative estimate of drug-likeness (QED) is 0.670. The molecule has 1 heterocycles. The van der Waals surface area contributed by atoms with E-state index in [4.69, 9.17) is 5.11 Å². The predicted octanol–water partition coefficient (Wildman–Crippen LogP) is 0.0307. The third-order valence-corrected chi connectivity index (χ3v) is 3.16. The zero-order chi connectivity index (χ0) is 15.9. The first kappa shape index (κ1) is 16.1. The van der Waals surface area contributed by atoms with Crippen LogP contribution in [-0.2, 0) is 17.8 Å². The van der Waals surface area contributed by atoms with E-state index in [0.717, 1.165) is 0 Å². The SMILES string of the molecule is CC(=O)NCCc1nc([C@@H](O)c2ccccc2)nn1CCO. The van der Waals surface area contributed by atoms with Gasteiger partial charge in [-0.15, -0.1) is 0 Å². The molecule has 2 aromatic rings. The number of nitrogens with one attached hydrogen (secondary N) is 1. The lowest BCUT2D eigenvalue weighted by atomic mass is 10.1. The van der Waals surface area contributed by atoms with Crippen LogP contribution in [0.15, 0.2) is 30.3 Å². The van der Waals surface area contributed by atoms with Crippen molar-refractivity contribution >= 4 is 5.91 Å². The van der Waals surface area contributed by atoms with Crippen molar-refractivity contribution in [3.8, 4) is 0 Å². The maximum atomic E-state index is 10.9. The molecule has 0 fully saturated rings. The summed E-state index contributed by atoms with van der Waals surface area (Å²) in [6, 6.07) is 9.14. The van der Waals surface area contributed by atoms with Crippen LogP contribution in [0.25, 0.3) is 0 Å². The molecule has 0 aliphatic carbocycles. The number of rotatable bonds is 7. The van der Waals surface area contributed by atoms with E-state index in [2.05, 4.69) is 15.4 Å². The third-order valence-electron chi connectivity index (χ3n) is 3.16. The van der Waals surface area contributed by atoms with Crippen LogP contribution in [-0.4, -0.2) is 44.0 Å². The number of aliphatic hydroxyl groups is 2. The number of hydrogen-bond donors (Lipinski definition) is 3. The molecule has 1 amide bonds. The van der Waals surface area contributed by atoms with Gasteiger partial charge in [-0.1, -0.05) is 30.3 Å². The Morgan fingerprint density at radius 1 is 1.36 bits per heavy atom. The third kappa shape index (κ3) is 4.12. The first-order chi connectivity index (χ1) is 10.6. The number of aromatic nitrogens is 3. The molecule has 7 nitrogen and oxygen atoms in total. The van der Waals surface area contributed by atoms with Gasteiger partial charge >= 0.3 is 0 Å². The molecule has 1 aromatic carbocycles. The van der Waals surface area contributed by atoms with Gasteiger partial charge in [0.25, 0.3) is 0 Å². The number of amides is 1. The summed E-state index contributed by atoms with van der Waals surface area (Å²) in [6.45, 7) is 2.10. The lowest BCUT2D eigenvalue weighted by Gasteiger charge is -2.05. The van der Waals surface area contributed by atoms with E-state index in [9.17, 15) is 9.90 Å². The van der Waals surface area contributed by atoms with E-state index in [0.29, 0.717) is 30.9 Å². The number of hydrogen-bond acceptors (Lipinski definition) is 5. The Bertz CT molecular complexity index is 613. The van der Waals surface area contributed by atoms with Crippen LogP contribution in [0.1, 0.15) is 30.2 Å². The van der Waals surface area contributed by atoms with Gasteiger partial charge in [-0.3, -0.25) is 4.79 Å². The van der Waals surface area contributed by atoms with E-state index in [1.807, 2.05) is 18.2 Å². The number of aliphatic hydroxyl groups excluding tert-OH is 2. The molecular formula is C15H20N4O3. The van der Waals surface area contributed by atoms with Crippen LogP contribution in [0.3, 0.4) is 0 Å². The van der Waals surface area contributed by atoms with Crippen molar-refractivity contribution in [2.45, 2.75) is 26.0 Å². The maximum Gasteiger partial charge on any atom is 0.216 e. The molecule has 1 atom stereocenters. The summed E-state index contributed by atoms with van der Waals surface area (Å²) in [7, 11) is 0. The van der Waals surface area contributed by atoms with Crippen molar-refractivity contribution in [2.24, 2.45) is 0 Å². The largest absolute Gasteiger partial charge is 0.394 e. The van der Waals surface area contributed by atoms with E-state index in [1.165, 1.54) is 6.92 Å². The van der Waals surface area contributed by atoms with Crippen molar-refractivity contribution in [3.63, 3.8) is 0 Å². The van der Waals surface area contributed by atoms with Gasteiger partial charge in [0, 0.05) is 19.9 Å². The summed E-state index contributed by atoms with van der Waals surface area (Å²) in [4.78, 5) is 15.3. The first-order valence-electron chi connectivity index (χ1n) is 7.13. The van der Waals surface area contributed by atoms with Crippen LogP contribution in [0.5, 0.6) is 0 Å². The van der Waals surface area contributed by atoms with Crippen LogP contribution in [0.4, 0.5) is 0 Å². The zero-order valence-electron chi connectivity index (χ0n) is 12.4. The fraction of sp³-hybridized carbons (Fsp3) is 0.400. The van der Waals surface area contributed by atoms with Crippen LogP contribution in [0.2, 0.25) is 0 Å². The van der Waals surface area contributed by atoms with Crippen molar-refractivity contribution in [3.05, 3.63) is 47.5 Å². The topological polar surface area (TPSA) is 100 Å². The van der Waals surface area contributed by atoms with E-state index < -0.39 is 6.10 Å². The van der Waals surface area contributed by atoms with E-state index in [-0.39, 0.29) is 18.3 Å². The average molecular weight is 304 g/mol. The Kier molecular flexibility index (Phi) is 5.62. The number of nitrogens with zero attached hydrogens (tertiary/aromatic N) is 3. The van der Waals surface area contributed by atoms with Gasteiger partial charge in [0.05, 0.1) is 13.2 Å². The molecule has 0 bridgehead atoms. The number of carbonyl (C=O) groups excluding carboxylic acids is 1. The molecule has 7 heteroatoms. The van der Waals surface area contributed by atoms with Crippen molar-refractivity contribution in [2.75, 3.05) is 13.2 Å². The van der Waals surface area contributed by atoms with Crippen molar-refractivity contribution in [1.29, 1.82) is 0 Å². The van der Waals surface area contributed by atoms with E-state index >= 15 is 0 Å². The molecule has 0 unspecified atom stereocenters. The molecular weight excluding hydrogens is 284 g/mol. The smallest absolute Gasteiger partial charge is 0.216 e. The molecule has 0 radical (unpaired) electrons. The summed E-state index contributed by atoms with van der Waals surface area (Å²) in [5.74, 6) is 0.794. The Morgan fingerprint density at radius 2 is 2.09 bits per heavy atom. The van der Waals surface area contributed by atoms with E-state index in [1.54, 1.807) is 16.8 Å². The number of carbonyl (C=O) groups is 1. The van der Waals surface area contributed by atoms with Gasteiger partial charge < -0.3 is 15.5 Å². The average Bonchev–Trinajstić information content (AvgIpc) is 2.91. The molecule has 0 saturated heterocycles. The molecule has 3 N–H and O–H groups in total. The summed E-state index contributed by atoms with van der Waals surface area (Å²) < 4.78 is 1.56. The zero-order valence-corrected chi connectivity index (χ0v) is 12.4. The molecule has 2 rings (SSSR count). The second-order valence-electron chi connectivity index (χ2n) is 4.88. The second kappa shape index (κ2) is 7.67. The minimum absolute atomic E-state index is 0.0721. The predicted molar refractivity (Wildman–Crippen MR) is 80.0 cm³/mol. The lowest BCUT2D eigenvalue weighted by molar-refractivity contribution is -0.118.